The topological polar surface area (TPSA) is 34.4 Å². The molecule has 5 heteroatoms. The van der Waals surface area contributed by atoms with Crippen molar-refractivity contribution in [1.82, 2.24) is 9.38 Å². The summed E-state index contributed by atoms with van der Waals surface area (Å²) in [5.41, 5.74) is 0.883. The first-order valence-corrected chi connectivity index (χ1v) is 7.33. The number of imidazole rings is 1. The van der Waals surface area contributed by atoms with E-state index in [0.29, 0.717) is 12.2 Å². The van der Waals surface area contributed by atoms with Crippen molar-refractivity contribution in [1.29, 1.82) is 0 Å². The molecule has 0 aromatic carbocycles. The molecule has 0 aliphatic heterocycles. The van der Waals surface area contributed by atoms with Gasteiger partial charge in [-0.15, -0.1) is 11.3 Å². The molecule has 2 aromatic heterocycles. The molecule has 0 saturated carbocycles. The van der Waals surface area contributed by atoms with Crippen LogP contribution in [0.3, 0.4) is 0 Å². The fourth-order valence-corrected chi connectivity index (χ4v) is 2.93. The van der Waals surface area contributed by atoms with E-state index in [9.17, 15) is 4.79 Å². The van der Waals surface area contributed by atoms with E-state index in [0.717, 1.165) is 22.8 Å². The molecule has 0 spiro atoms. The Morgan fingerprint density at radius 1 is 1.62 bits per heavy atom. The summed E-state index contributed by atoms with van der Waals surface area (Å²) in [6.45, 7) is 2.13. The van der Waals surface area contributed by atoms with Crippen molar-refractivity contribution in [2.24, 2.45) is 0 Å². The molecule has 2 heterocycles. The smallest absolute Gasteiger partial charge is 0.193 e. The first-order valence-electron chi connectivity index (χ1n) is 5.30. The van der Waals surface area contributed by atoms with E-state index >= 15 is 0 Å². The minimum atomic E-state index is 0.268. The van der Waals surface area contributed by atoms with Gasteiger partial charge in [0.15, 0.2) is 4.96 Å². The maximum absolute atomic E-state index is 11.6. The largest absolute Gasteiger partial charge is 0.298 e. The summed E-state index contributed by atoms with van der Waals surface area (Å²) in [4.78, 5) is 17.0. The highest BCUT2D eigenvalue weighted by molar-refractivity contribution is 7.99. The van der Waals surface area contributed by atoms with Gasteiger partial charge in [-0.2, -0.15) is 11.8 Å². The Hall–Kier alpha value is -0.810. The molecule has 2 aromatic rings. The zero-order valence-corrected chi connectivity index (χ0v) is 10.8. The van der Waals surface area contributed by atoms with Crippen LogP contribution in [0.25, 0.3) is 4.96 Å². The van der Waals surface area contributed by atoms with Crippen LogP contribution in [-0.2, 0) is 11.2 Å². The highest BCUT2D eigenvalue weighted by Gasteiger charge is 2.08. The number of carbonyl (C=O) groups excluding carboxylic acids is 1. The van der Waals surface area contributed by atoms with Crippen LogP contribution in [0.2, 0.25) is 0 Å². The van der Waals surface area contributed by atoms with Gasteiger partial charge in [-0.05, 0) is 12.2 Å². The van der Waals surface area contributed by atoms with Crippen molar-refractivity contribution in [2.75, 3.05) is 11.5 Å². The van der Waals surface area contributed by atoms with E-state index in [2.05, 4.69) is 11.9 Å². The average molecular weight is 254 g/mol. The Bertz CT molecular complexity index is 446. The van der Waals surface area contributed by atoms with E-state index in [1.54, 1.807) is 23.1 Å². The van der Waals surface area contributed by atoms with E-state index in [-0.39, 0.29) is 5.78 Å². The van der Waals surface area contributed by atoms with Crippen molar-refractivity contribution in [3.05, 3.63) is 23.5 Å². The molecule has 0 N–H and O–H groups in total. The molecule has 2 rings (SSSR count). The maximum atomic E-state index is 11.6. The number of Topliss-reactive ketones (excluding diaryl/α,β-unsaturated/α-hetero) is 1. The number of fused-ring (bicyclic) bond motifs is 1. The minimum Gasteiger partial charge on any atom is -0.298 e. The van der Waals surface area contributed by atoms with Crippen LogP contribution >= 0.6 is 23.1 Å². The summed E-state index contributed by atoms with van der Waals surface area (Å²) >= 11 is 3.30. The first-order chi connectivity index (χ1) is 7.79. The van der Waals surface area contributed by atoms with Crippen molar-refractivity contribution in [2.45, 2.75) is 19.8 Å². The molecule has 16 heavy (non-hydrogen) atoms. The van der Waals surface area contributed by atoms with Gasteiger partial charge in [-0.3, -0.25) is 9.20 Å². The van der Waals surface area contributed by atoms with Gasteiger partial charge < -0.3 is 0 Å². The minimum absolute atomic E-state index is 0.268. The summed E-state index contributed by atoms with van der Waals surface area (Å²) in [7, 11) is 0. The molecule has 0 aliphatic rings. The molecular formula is C11H14N2OS2. The normalized spacial score (nSPS) is 11.1. The predicted octanol–water partition coefficient (Wildman–Crippen LogP) is 2.65. The summed E-state index contributed by atoms with van der Waals surface area (Å²) in [6, 6.07) is 0. The maximum Gasteiger partial charge on any atom is 0.193 e. The second kappa shape index (κ2) is 5.50. The molecule has 0 amide bonds. The van der Waals surface area contributed by atoms with Crippen LogP contribution in [0.15, 0.2) is 17.8 Å². The lowest BCUT2D eigenvalue weighted by molar-refractivity contribution is -0.116. The zero-order valence-electron chi connectivity index (χ0n) is 9.18. The Kier molecular flexibility index (Phi) is 4.01. The third-order valence-corrected chi connectivity index (χ3v) is 4.13. The number of ketones is 1. The standard InChI is InChI=1S/C11H14N2OS2/c1-2-4-15-8-10(14)6-9-7-13-3-5-16-11(13)12-9/h3,5,7H,2,4,6,8H2,1H3. The van der Waals surface area contributed by atoms with E-state index < -0.39 is 0 Å². The first kappa shape index (κ1) is 11.7. The molecule has 0 saturated heterocycles. The lowest BCUT2D eigenvalue weighted by Crippen LogP contribution is -2.06. The number of thioether (sulfide) groups is 1. The number of rotatable bonds is 6. The monoisotopic (exact) mass is 254 g/mol. The Balaban J connectivity index is 1.89. The highest BCUT2D eigenvalue weighted by Crippen LogP contribution is 2.12. The molecule has 0 radical (unpaired) electrons. The second-order valence-corrected chi connectivity index (χ2v) is 5.57. The van der Waals surface area contributed by atoms with E-state index in [1.807, 2.05) is 22.2 Å². The van der Waals surface area contributed by atoms with Gasteiger partial charge in [-0.1, -0.05) is 6.92 Å². The van der Waals surface area contributed by atoms with Crippen molar-refractivity contribution in [3.8, 4) is 0 Å². The van der Waals surface area contributed by atoms with Crippen LogP contribution in [0.4, 0.5) is 0 Å². The number of nitrogens with zero attached hydrogens (tertiary/aromatic N) is 2. The van der Waals surface area contributed by atoms with Crippen molar-refractivity contribution in [3.63, 3.8) is 0 Å². The SMILES string of the molecule is CCCSCC(=O)Cc1cn2ccsc2n1. The van der Waals surface area contributed by atoms with Gasteiger partial charge in [0.25, 0.3) is 0 Å². The Morgan fingerprint density at radius 2 is 2.50 bits per heavy atom. The third kappa shape index (κ3) is 2.86. The number of hydrogen-bond donors (Lipinski definition) is 0. The number of aromatic nitrogens is 2. The molecular weight excluding hydrogens is 240 g/mol. The molecule has 3 nitrogen and oxygen atoms in total. The predicted molar refractivity (Wildman–Crippen MR) is 69.4 cm³/mol. The zero-order chi connectivity index (χ0) is 11.4. The Morgan fingerprint density at radius 3 is 3.25 bits per heavy atom. The van der Waals surface area contributed by atoms with Crippen LogP contribution in [0, 0.1) is 0 Å². The van der Waals surface area contributed by atoms with Crippen LogP contribution < -0.4 is 0 Å². The van der Waals surface area contributed by atoms with Crippen LogP contribution in [0.1, 0.15) is 19.0 Å². The van der Waals surface area contributed by atoms with Gasteiger partial charge in [0.05, 0.1) is 17.9 Å². The van der Waals surface area contributed by atoms with Gasteiger partial charge >= 0.3 is 0 Å². The lowest BCUT2D eigenvalue weighted by Gasteiger charge is -1.97. The summed E-state index contributed by atoms with van der Waals surface area (Å²) in [6.07, 6.45) is 5.49. The summed E-state index contributed by atoms with van der Waals surface area (Å²) in [5.74, 6) is 1.94. The molecule has 86 valence electrons. The number of thiazole rings is 1. The van der Waals surface area contributed by atoms with Crippen molar-refractivity contribution < 1.29 is 4.79 Å². The van der Waals surface area contributed by atoms with E-state index in [4.69, 9.17) is 0 Å². The fraction of sp³-hybridized carbons (Fsp3) is 0.455. The summed E-state index contributed by atoms with van der Waals surface area (Å²) < 4.78 is 1.96. The summed E-state index contributed by atoms with van der Waals surface area (Å²) in [5, 5.41) is 1.99. The Labute approximate surface area is 103 Å². The third-order valence-electron chi connectivity index (χ3n) is 2.13. The second-order valence-electron chi connectivity index (χ2n) is 3.59. The number of hydrogen-bond acceptors (Lipinski definition) is 4. The molecule has 0 bridgehead atoms. The molecule has 0 unspecified atom stereocenters. The average Bonchev–Trinajstić information content (AvgIpc) is 2.78. The quantitative estimate of drug-likeness (QED) is 0.743. The number of carbonyl (C=O) groups is 1. The van der Waals surface area contributed by atoms with Crippen LogP contribution in [-0.4, -0.2) is 26.7 Å². The van der Waals surface area contributed by atoms with E-state index in [1.165, 1.54) is 0 Å². The van der Waals surface area contributed by atoms with Gasteiger partial charge in [0, 0.05) is 17.8 Å². The fourth-order valence-electron chi connectivity index (χ4n) is 1.44. The van der Waals surface area contributed by atoms with Gasteiger partial charge in [0.2, 0.25) is 0 Å². The molecule has 0 fully saturated rings. The molecule has 0 atom stereocenters. The van der Waals surface area contributed by atoms with Gasteiger partial charge in [-0.25, -0.2) is 4.98 Å². The van der Waals surface area contributed by atoms with Crippen LogP contribution in [0.5, 0.6) is 0 Å². The molecule has 0 aliphatic carbocycles. The van der Waals surface area contributed by atoms with Gasteiger partial charge in [0.1, 0.15) is 5.78 Å². The van der Waals surface area contributed by atoms with Crippen molar-refractivity contribution >= 4 is 33.8 Å². The highest BCUT2D eigenvalue weighted by atomic mass is 32.2. The lowest BCUT2D eigenvalue weighted by atomic mass is 10.2.